The van der Waals surface area contributed by atoms with Gasteiger partial charge in [-0.2, -0.15) is 0 Å². The van der Waals surface area contributed by atoms with Crippen molar-refractivity contribution in [3.8, 4) is 0 Å². The van der Waals surface area contributed by atoms with E-state index in [2.05, 4.69) is 15.9 Å². The Kier molecular flexibility index (Phi) is 3.80. The fraction of sp³-hybridized carbons (Fsp3) is 0.222. The van der Waals surface area contributed by atoms with Crippen LogP contribution >= 0.6 is 15.9 Å². The number of carbonyl (C=O) groups is 1. The molecule has 7 heteroatoms. The lowest BCUT2D eigenvalue weighted by atomic mass is 10.1. The van der Waals surface area contributed by atoms with Gasteiger partial charge in [0.2, 0.25) is 0 Å². The number of hydrogen-bond donors (Lipinski definition) is 0. The molecule has 0 aliphatic rings. The summed E-state index contributed by atoms with van der Waals surface area (Å²) >= 11 is 2.78. The van der Waals surface area contributed by atoms with E-state index in [-0.39, 0.29) is 4.47 Å². The number of carbonyl (C=O) groups excluding carboxylic acids is 1. The Hall–Kier alpha value is -0.820. The van der Waals surface area contributed by atoms with Gasteiger partial charge in [0.25, 0.3) is 0 Å². The summed E-state index contributed by atoms with van der Waals surface area (Å²) in [5.74, 6) is -4.18. The second-order valence-corrected chi connectivity index (χ2v) is 6.21. The minimum absolute atomic E-state index is 0.0919. The van der Waals surface area contributed by atoms with Crippen LogP contribution in [0.15, 0.2) is 16.6 Å². The highest BCUT2D eigenvalue weighted by Crippen LogP contribution is 2.22. The van der Waals surface area contributed by atoms with Crippen molar-refractivity contribution < 1.29 is 22.0 Å². The number of hydrogen-bond acceptors (Lipinski definition) is 3. The topological polar surface area (TPSA) is 51.2 Å². The van der Waals surface area contributed by atoms with Gasteiger partial charge in [0, 0.05) is 6.26 Å². The van der Waals surface area contributed by atoms with Gasteiger partial charge < -0.3 is 0 Å². The lowest BCUT2D eigenvalue weighted by molar-refractivity contribution is 0.101. The molecule has 0 aliphatic heterocycles. The number of rotatable bonds is 3. The SMILES string of the molecule is CS(=O)(=O)CC(=O)c1c(F)ccc(Br)c1F. The lowest BCUT2D eigenvalue weighted by Gasteiger charge is -2.04. The zero-order valence-corrected chi connectivity index (χ0v) is 10.5. The molecule has 16 heavy (non-hydrogen) atoms. The molecule has 0 spiro atoms. The van der Waals surface area contributed by atoms with Crippen molar-refractivity contribution in [2.24, 2.45) is 0 Å². The maximum atomic E-state index is 13.4. The van der Waals surface area contributed by atoms with Crippen molar-refractivity contribution in [2.75, 3.05) is 12.0 Å². The van der Waals surface area contributed by atoms with Crippen LogP contribution in [0, 0.1) is 11.6 Å². The first-order chi connectivity index (χ1) is 7.22. The molecule has 1 aromatic carbocycles. The Morgan fingerprint density at radius 2 is 1.94 bits per heavy atom. The van der Waals surface area contributed by atoms with Gasteiger partial charge in [0.15, 0.2) is 21.4 Å². The molecule has 0 N–H and O–H groups in total. The highest BCUT2D eigenvalue weighted by Gasteiger charge is 2.22. The first-order valence-corrected chi connectivity index (χ1v) is 6.92. The molecule has 0 saturated heterocycles. The summed E-state index contributed by atoms with van der Waals surface area (Å²) in [5, 5.41) is 0. The molecule has 0 heterocycles. The molecular weight excluding hydrogens is 306 g/mol. The minimum Gasteiger partial charge on any atom is -0.293 e. The summed E-state index contributed by atoms with van der Waals surface area (Å²) in [7, 11) is -3.62. The monoisotopic (exact) mass is 312 g/mol. The number of benzene rings is 1. The van der Waals surface area contributed by atoms with Crippen LogP contribution in [0.25, 0.3) is 0 Å². The third-order valence-electron chi connectivity index (χ3n) is 1.72. The van der Waals surface area contributed by atoms with Crippen molar-refractivity contribution in [3.05, 3.63) is 33.8 Å². The highest BCUT2D eigenvalue weighted by atomic mass is 79.9. The van der Waals surface area contributed by atoms with Gasteiger partial charge in [-0.15, -0.1) is 0 Å². The molecule has 0 bridgehead atoms. The molecule has 0 saturated carbocycles. The van der Waals surface area contributed by atoms with Crippen LogP contribution in [0.4, 0.5) is 8.78 Å². The van der Waals surface area contributed by atoms with Gasteiger partial charge in [-0.1, -0.05) is 0 Å². The smallest absolute Gasteiger partial charge is 0.183 e. The van der Waals surface area contributed by atoms with Crippen LogP contribution < -0.4 is 0 Å². The Labute approximate surface area is 99.5 Å². The molecule has 0 aliphatic carbocycles. The van der Waals surface area contributed by atoms with Crippen molar-refractivity contribution in [2.45, 2.75) is 0 Å². The summed E-state index contributed by atoms with van der Waals surface area (Å²) < 4.78 is 48.2. The summed E-state index contributed by atoms with van der Waals surface area (Å²) in [5.41, 5.74) is -0.834. The Bertz CT molecular complexity index is 540. The number of Topliss-reactive ketones (excluding diaryl/α,β-unsaturated/α-hetero) is 1. The van der Waals surface area contributed by atoms with E-state index in [1.165, 1.54) is 0 Å². The quantitative estimate of drug-likeness (QED) is 0.633. The van der Waals surface area contributed by atoms with Crippen molar-refractivity contribution in [3.63, 3.8) is 0 Å². The average molecular weight is 313 g/mol. The third kappa shape index (κ3) is 3.08. The van der Waals surface area contributed by atoms with Crippen LogP contribution in [0.5, 0.6) is 0 Å². The molecule has 0 amide bonds. The summed E-state index contributed by atoms with van der Waals surface area (Å²) in [6, 6.07) is 1.99. The van der Waals surface area contributed by atoms with E-state index in [0.29, 0.717) is 0 Å². The molecule has 0 atom stereocenters. The molecule has 0 fully saturated rings. The van der Waals surface area contributed by atoms with Gasteiger partial charge in [0.1, 0.15) is 11.6 Å². The van der Waals surface area contributed by atoms with Crippen LogP contribution in [-0.2, 0) is 9.84 Å². The standard InChI is InChI=1S/C9H7BrF2O3S/c1-16(14,15)4-7(13)8-6(11)3-2-5(10)9(8)12/h2-3H,4H2,1H3. The highest BCUT2D eigenvalue weighted by molar-refractivity contribution is 9.10. The van der Waals surface area contributed by atoms with Gasteiger partial charge in [-0.3, -0.25) is 4.79 Å². The second kappa shape index (κ2) is 4.58. The maximum absolute atomic E-state index is 13.4. The van der Waals surface area contributed by atoms with Crippen LogP contribution in [-0.4, -0.2) is 26.2 Å². The van der Waals surface area contributed by atoms with E-state index in [4.69, 9.17) is 0 Å². The Balaban J connectivity index is 3.24. The van der Waals surface area contributed by atoms with Crippen molar-refractivity contribution in [1.82, 2.24) is 0 Å². The van der Waals surface area contributed by atoms with E-state index in [0.717, 1.165) is 18.4 Å². The van der Waals surface area contributed by atoms with E-state index >= 15 is 0 Å². The van der Waals surface area contributed by atoms with Gasteiger partial charge in [-0.25, -0.2) is 17.2 Å². The maximum Gasteiger partial charge on any atom is 0.183 e. The van der Waals surface area contributed by atoms with E-state index in [9.17, 15) is 22.0 Å². The van der Waals surface area contributed by atoms with Crippen LogP contribution in [0.1, 0.15) is 10.4 Å². The molecule has 0 radical (unpaired) electrons. The summed E-state index contributed by atoms with van der Waals surface area (Å²) in [6.45, 7) is 0. The zero-order valence-electron chi connectivity index (χ0n) is 8.13. The van der Waals surface area contributed by atoms with E-state index in [1.54, 1.807) is 0 Å². The van der Waals surface area contributed by atoms with Crippen molar-refractivity contribution in [1.29, 1.82) is 0 Å². The van der Waals surface area contributed by atoms with Gasteiger partial charge in [-0.05, 0) is 28.1 Å². The first kappa shape index (κ1) is 13.2. The second-order valence-electron chi connectivity index (χ2n) is 3.21. The van der Waals surface area contributed by atoms with Gasteiger partial charge >= 0.3 is 0 Å². The molecule has 88 valence electrons. The third-order valence-corrected chi connectivity index (χ3v) is 3.12. The molecular formula is C9H7BrF2O3S. The minimum atomic E-state index is -3.62. The number of ketones is 1. The summed E-state index contributed by atoms with van der Waals surface area (Å²) in [6.07, 6.45) is 0.818. The summed E-state index contributed by atoms with van der Waals surface area (Å²) in [4.78, 5) is 11.4. The largest absolute Gasteiger partial charge is 0.293 e. The fourth-order valence-electron chi connectivity index (χ4n) is 1.09. The van der Waals surface area contributed by atoms with E-state index < -0.39 is 38.6 Å². The van der Waals surface area contributed by atoms with Crippen LogP contribution in [0.3, 0.4) is 0 Å². The van der Waals surface area contributed by atoms with Crippen LogP contribution in [0.2, 0.25) is 0 Å². The Morgan fingerprint density at radius 3 is 2.44 bits per heavy atom. The Morgan fingerprint density at radius 1 is 1.38 bits per heavy atom. The number of halogens is 3. The predicted molar refractivity (Wildman–Crippen MR) is 58.1 cm³/mol. The number of sulfone groups is 1. The van der Waals surface area contributed by atoms with Crippen molar-refractivity contribution >= 4 is 31.6 Å². The first-order valence-electron chi connectivity index (χ1n) is 4.07. The van der Waals surface area contributed by atoms with Gasteiger partial charge in [0.05, 0.1) is 10.0 Å². The van der Waals surface area contributed by atoms with E-state index in [1.807, 2.05) is 0 Å². The predicted octanol–water partition coefficient (Wildman–Crippen LogP) is 1.95. The molecule has 3 nitrogen and oxygen atoms in total. The lowest BCUT2D eigenvalue weighted by Crippen LogP contribution is -2.17. The molecule has 1 aromatic rings. The normalized spacial score (nSPS) is 11.5. The zero-order chi connectivity index (χ0) is 12.5. The average Bonchev–Trinajstić information content (AvgIpc) is 2.09. The molecule has 0 aromatic heterocycles. The molecule has 0 unspecified atom stereocenters. The fourth-order valence-corrected chi connectivity index (χ4v) is 2.04. The molecule has 1 rings (SSSR count).